The number of hydrogen-bond donors (Lipinski definition) is 2. The first-order valence-electron chi connectivity index (χ1n) is 8.92. The van der Waals surface area contributed by atoms with Crippen molar-refractivity contribution in [3.63, 3.8) is 0 Å². The van der Waals surface area contributed by atoms with Crippen LogP contribution >= 0.6 is 24.0 Å². The second-order valence-corrected chi connectivity index (χ2v) is 6.87. The van der Waals surface area contributed by atoms with Crippen LogP contribution in [0.2, 0.25) is 0 Å². The second-order valence-electron chi connectivity index (χ2n) is 6.87. The van der Waals surface area contributed by atoms with Gasteiger partial charge in [-0.05, 0) is 30.0 Å². The highest BCUT2D eigenvalue weighted by molar-refractivity contribution is 14.0. The highest BCUT2D eigenvalue weighted by atomic mass is 127. The SMILES string of the molecule is CN=C(NCC(Cc1ccc(F)cc1)C(N)=O)N1CC(C)C(C(=O)OC)C1.I. The highest BCUT2D eigenvalue weighted by Crippen LogP contribution is 2.24. The Bertz CT molecular complexity index is 699. The van der Waals surface area contributed by atoms with Gasteiger partial charge < -0.3 is 20.7 Å². The second kappa shape index (κ2) is 11.2. The van der Waals surface area contributed by atoms with Gasteiger partial charge in [0.15, 0.2) is 5.96 Å². The van der Waals surface area contributed by atoms with Gasteiger partial charge in [-0.25, -0.2) is 4.39 Å². The van der Waals surface area contributed by atoms with Crippen LogP contribution in [0.4, 0.5) is 4.39 Å². The largest absolute Gasteiger partial charge is 0.469 e. The standard InChI is InChI=1S/C19H27FN4O3.HI/c1-12-10-24(11-16(12)18(26)27-3)19(22-2)23-9-14(17(21)25)8-13-4-6-15(20)7-5-13;/h4-7,12,14,16H,8-11H2,1-3H3,(H2,21,25)(H,22,23);1H. The van der Waals surface area contributed by atoms with Gasteiger partial charge in [-0.1, -0.05) is 19.1 Å². The zero-order chi connectivity index (χ0) is 20.0. The Labute approximate surface area is 181 Å². The number of carbonyl (C=O) groups is 2. The number of likely N-dealkylation sites (tertiary alicyclic amines) is 1. The summed E-state index contributed by atoms with van der Waals surface area (Å²) in [6, 6.07) is 6.00. The summed E-state index contributed by atoms with van der Waals surface area (Å²) in [4.78, 5) is 29.9. The summed E-state index contributed by atoms with van der Waals surface area (Å²) in [5, 5.41) is 3.17. The summed E-state index contributed by atoms with van der Waals surface area (Å²) in [6.07, 6.45) is 0.404. The molecular formula is C19H28FIN4O3. The number of carbonyl (C=O) groups excluding carboxylic acids is 2. The minimum atomic E-state index is -0.469. The number of nitrogens with one attached hydrogen (secondary N) is 1. The molecular weight excluding hydrogens is 478 g/mol. The predicted molar refractivity (Wildman–Crippen MR) is 116 cm³/mol. The molecule has 3 N–H and O–H groups in total. The summed E-state index contributed by atoms with van der Waals surface area (Å²) in [5.41, 5.74) is 6.36. The van der Waals surface area contributed by atoms with Crippen molar-refractivity contribution in [2.45, 2.75) is 13.3 Å². The molecule has 0 radical (unpaired) electrons. The van der Waals surface area contributed by atoms with Crippen molar-refractivity contribution in [1.29, 1.82) is 0 Å². The van der Waals surface area contributed by atoms with E-state index in [4.69, 9.17) is 10.5 Å². The number of esters is 1. The Morgan fingerprint density at radius 1 is 1.36 bits per heavy atom. The van der Waals surface area contributed by atoms with Crippen molar-refractivity contribution >= 4 is 41.8 Å². The lowest BCUT2D eigenvalue weighted by molar-refractivity contribution is -0.146. The molecule has 3 atom stereocenters. The van der Waals surface area contributed by atoms with E-state index in [2.05, 4.69) is 10.3 Å². The van der Waals surface area contributed by atoms with Gasteiger partial charge in [0, 0.05) is 26.7 Å². The fraction of sp³-hybridized carbons (Fsp3) is 0.526. The molecule has 2 rings (SSSR count). The summed E-state index contributed by atoms with van der Waals surface area (Å²) in [6.45, 7) is 3.47. The molecule has 1 aromatic carbocycles. The third-order valence-electron chi connectivity index (χ3n) is 4.93. The summed E-state index contributed by atoms with van der Waals surface area (Å²) in [7, 11) is 3.04. The summed E-state index contributed by atoms with van der Waals surface area (Å²) in [5.74, 6) is -0.920. The van der Waals surface area contributed by atoms with Crippen molar-refractivity contribution in [2.75, 3.05) is 33.8 Å². The van der Waals surface area contributed by atoms with Crippen LogP contribution < -0.4 is 11.1 Å². The number of rotatable bonds is 6. The van der Waals surface area contributed by atoms with E-state index in [1.807, 2.05) is 11.8 Å². The Morgan fingerprint density at radius 2 is 2.00 bits per heavy atom. The molecule has 1 saturated heterocycles. The van der Waals surface area contributed by atoms with Crippen molar-refractivity contribution < 1.29 is 18.7 Å². The van der Waals surface area contributed by atoms with Crippen LogP contribution in [-0.2, 0) is 20.7 Å². The molecule has 156 valence electrons. The Kier molecular flexibility index (Phi) is 9.63. The first-order valence-corrected chi connectivity index (χ1v) is 8.92. The van der Waals surface area contributed by atoms with Gasteiger partial charge >= 0.3 is 5.97 Å². The molecule has 1 fully saturated rings. The molecule has 1 aliphatic heterocycles. The first-order chi connectivity index (χ1) is 12.8. The van der Waals surface area contributed by atoms with E-state index in [9.17, 15) is 14.0 Å². The van der Waals surface area contributed by atoms with Crippen LogP contribution in [-0.4, -0.2) is 56.5 Å². The van der Waals surface area contributed by atoms with Gasteiger partial charge in [0.05, 0.1) is 18.9 Å². The van der Waals surface area contributed by atoms with E-state index in [0.717, 1.165) is 5.56 Å². The van der Waals surface area contributed by atoms with Crippen LogP contribution in [0.3, 0.4) is 0 Å². The lowest BCUT2D eigenvalue weighted by atomic mass is 9.98. The lowest BCUT2D eigenvalue weighted by Crippen LogP contribution is -2.45. The molecule has 1 heterocycles. The average Bonchev–Trinajstić information content (AvgIpc) is 3.03. The predicted octanol–water partition coefficient (Wildman–Crippen LogP) is 1.40. The molecule has 3 unspecified atom stereocenters. The Hall–Kier alpha value is -1.91. The summed E-state index contributed by atoms with van der Waals surface area (Å²) < 4.78 is 17.9. The molecule has 0 aliphatic carbocycles. The average molecular weight is 506 g/mol. The van der Waals surface area contributed by atoms with Gasteiger partial charge in [-0.2, -0.15) is 0 Å². The lowest BCUT2D eigenvalue weighted by Gasteiger charge is -2.23. The van der Waals surface area contributed by atoms with Gasteiger partial charge in [0.1, 0.15) is 5.82 Å². The fourth-order valence-corrected chi connectivity index (χ4v) is 3.32. The van der Waals surface area contributed by atoms with Crippen LogP contribution in [0, 0.1) is 23.6 Å². The molecule has 0 bridgehead atoms. The number of nitrogens with two attached hydrogens (primary N) is 1. The number of amides is 1. The van der Waals surface area contributed by atoms with Gasteiger partial charge in [0.2, 0.25) is 5.91 Å². The first kappa shape index (κ1) is 24.1. The number of primary amides is 1. The molecule has 0 saturated carbocycles. The number of hydrogen-bond acceptors (Lipinski definition) is 4. The fourth-order valence-electron chi connectivity index (χ4n) is 3.32. The number of aliphatic imine (C=N–C) groups is 1. The van der Waals surface area contributed by atoms with E-state index in [1.54, 1.807) is 19.2 Å². The molecule has 9 heteroatoms. The van der Waals surface area contributed by atoms with Crippen molar-refractivity contribution in [3.8, 4) is 0 Å². The molecule has 1 aliphatic rings. The van der Waals surface area contributed by atoms with Crippen LogP contribution in [0.5, 0.6) is 0 Å². The monoisotopic (exact) mass is 506 g/mol. The molecule has 0 aromatic heterocycles. The number of benzene rings is 1. The minimum absolute atomic E-state index is 0. The van der Waals surface area contributed by atoms with Gasteiger partial charge in [-0.3, -0.25) is 14.6 Å². The van der Waals surface area contributed by atoms with Crippen LogP contribution in [0.25, 0.3) is 0 Å². The Balaban J connectivity index is 0.00000392. The van der Waals surface area contributed by atoms with Crippen molar-refractivity contribution in [2.24, 2.45) is 28.5 Å². The highest BCUT2D eigenvalue weighted by Gasteiger charge is 2.37. The third kappa shape index (κ3) is 6.32. The quantitative estimate of drug-likeness (QED) is 0.263. The van der Waals surface area contributed by atoms with Gasteiger partial charge in [0.25, 0.3) is 0 Å². The van der Waals surface area contributed by atoms with Crippen LogP contribution in [0.15, 0.2) is 29.3 Å². The molecule has 1 aromatic rings. The Morgan fingerprint density at radius 3 is 2.54 bits per heavy atom. The third-order valence-corrected chi connectivity index (χ3v) is 4.93. The van der Waals surface area contributed by atoms with E-state index in [-0.39, 0.29) is 47.6 Å². The maximum atomic E-state index is 13.0. The number of methoxy groups -OCH3 is 1. The van der Waals surface area contributed by atoms with E-state index < -0.39 is 11.8 Å². The zero-order valence-corrected chi connectivity index (χ0v) is 18.7. The van der Waals surface area contributed by atoms with Crippen molar-refractivity contribution in [3.05, 3.63) is 35.6 Å². The molecule has 28 heavy (non-hydrogen) atoms. The zero-order valence-electron chi connectivity index (χ0n) is 16.4. The molecule has 7 nitrogen and oxygen atoms in total. The van der Waals surface area contributed by atoms with Gasteiger partial charge in [-0.15, -0.1) is 24.0 Å². The number of guanidine groups is 1. The maximum absolute atomic E-state index is 13.0. The number of nitrogens with zero attached hydrogens (tertiary/aromatic N) is 2. The minimum Gasteiger partial charge on any atom is -0.469 e. The molecule has 1 amide bonds. The maximum Gasteiger partial charge on any atom is 0.310 e. The summed E-state index contributed by atoms with van der Waals surface area (Å²) >= 11 is 0. The number of halogens is 2. The topological polar surface area (TPSA) is 97.0 Å². The number of ether oxygens (including phenoxy) is 1. The molecule has 0 spiro atoms. The van der Waals surface area contributed by atoms with Crippen LogP contribution in [0.1, 0.15) is 12.5 Å². The van der Waals surface area contributed by atoms with E-state index >= 15 is 0 Å². The van der Waals surface area contributed by atoms with E-state index in [1.165, 1.54) is 19.2 Å². The van der Waals surface area contributed by atoms with E-state index in [0.29, 0.717) is 32.0 Å². The van der Waals surface area contributed by atoms with Crippen molar-refractivity contribution in [1.82, 2.24) is 10.2 Å². The smallest absolute Gasteiger partial charge is 0.310 e. The normalized spacial score (nSPS) is 20.3.